The Kier molecular flexibility index (Phi) is 4.36. The minimum absolute atomic E-state index is 0.00889. The van der Waals surface area contributed by atoms with E-state index < -0.39 is 0 Å². The van der Waals surface area contributed by atoms with Crippen LogP contribution in [0.4, 0.5) is 0 Å². The fourth-order valence-corrected chi connectivity index (χ4v) is 3.04. The topological polar surface area (TPSA) is 67.2 Å². The van der Waals surface area contributed by atoms with E-state index in [1.165, 1.54) is 0 Å². The zero-order valence-corrected chi connectivity index (χ0v) is 13.1. The number of benzene rings is 1. The van der Waals surface area contributed by atoms with Crippen molar-refractivity contribution in [3.63, 3.8) is 0 Å². The molecule has 1 aromatic heterocycles. The van der Waals surface area contributed by atoms with Gasteiger partial charge in [-0.25, -0.2) is 0 Å². The van der Waals surface area contributed by atoms with E-state index in [4.69, 9.17) is 11.6 Å². The zero-order chi connectivity index (χ0) is 15.6. The van der Waals surface area contributed by atoms with Gasteiger partial charge in [0.05, 0.1) is 24.9 Å². The molecular weight excluding hydrogens is 302 g/mol. The second-order valence-electron chi connectivity index (χ2n) is 6.11. The molecule has 1 heterocycles. The Hall–Kier alpha value is -1.59. The Labute approximate surface area is 134 Å². The van der Waals surface area contributed by atoms with Gasteiger partial charge >= 0.3 is 0 Å². The SMILES string of the molecule is O=C(CCn1ncc2ccc(Cl)cc21)NCC1(CO)CCC1. The highest BCUT2D eigenvalue weighted by atomic mass is 35.5. The van der Waals surface area contributed by atoms with E-state index in [9.17, 15) is 9.90 Å². The molecule has 1 aliphatic rings. The molecule has 1 aliphatic carbocycles. The molecule has 0 bridgehead atoms. The van der Waals surface area contributed by atoms with E-state index in [0.717, 1.165) is 30.2 Å². The number of aliphatic hydroxyl groups is 1. The number of rotatable bonds is 6. The number of fused-ring (bicyclic) bond motifs is 1. The van der Waals surface area contributed by atoms with E-state index in [1.54, 1.807) is 10.9 Å². The summed E-state index contributed by atoms with van der Waals surface area (Å²) in [6, 6.07) is 5.61. The van der Waals surface area contributed by atoms with E-state index in [2.05, 4.69) is 10.4 Å². The maximum atomic E-state index is 12.0. The highest BCUT2D eigenvalue weighted by Gasteiger charge is 2.36. The van der Waals surface area contributed by atoms with E-state index >= 15 is 0 Å². The van der Waals surface area contributed by atoms with Crippen molar-refractivity contribution in [3.05, 3.63) is 29.4 Å². The molecule has 3 rings (SSSR count). The van der Waals surface area contributed by atoms with Crippen molar-refractivity contribution in [1.29, 1.82) is 0 Å². The fourth-order valence-electron chi connectivity index (χ4n) is 2.87. The first-order valence-electron chi connectivity index (χ1n) is 7.61. The lowest BCUT2D eigenvalue weighted by atomic mass is 9.69. The molecule has 2 N–H and O–H groups in total. The molecule has 118 valence electrons. The van der Waals surface area contributed by atoms with Gasteiger partial charge in [-0.1, -0.05) is 18.0 Å². The number of aromatic nitrogens is 2. The lowest BCUT2D eigenvalue weighted by molar-refractivity contribution is -0.122. The third kappa shape index (κ3) is 3.10. The number of aryl methyl sites for hydroxylation is 1. The molecule has 0 atom stereocenters. The predicted molar refractivity (Wildman–Crippen MR) is 85.7 cm³/mol. The van der Waals surface area contributed by atoms with Gasteiger partial charge in [-0.3, -0.25) is 9.48 Å². The molecule has 2 aromatic rings. The van der Waals surface area contributed by atoms with Gasteiger partial charge in [0.2, 0.25) is 5.91 Å². The van der Waals surface area contributed by atoms with Crippen molar-refractivity contribution in [2.75, 3.05) is 13.2 Å². The monoisotopic (exact) mass is 321 g/mol. The molecule has 6 heteroatoms. The maximum absolute atomic E-state index is 12.0. The first-order valence-corrected chi connectivity index (χ1v) is 7.98. The van der Waals surface area contributed by atoms with Crippen molar-refractivity contribution in [2.45, 2.75) is 32.2 Å². The number of carbonyl (C=O) groups is 1. The summed E-state index contributed by atoms with van der Waals surface area (Å²) >= 11 is 6.00. The van der Waals surface area contributed by atoms with Crippen LogP contribution in [0.5, 0.6) is 0 Å². The molecule has 1 aromatic carbocycles. The number of hydrogen-bond acceptors (Lipinski definition) is 3. The molecule has 0 saturated heterocycles. The molecular formula is C16H20ClN3O2. The highest BCUT2D eigenvalue weighted by Crippen LogP contribution is 2.39. The van der Waals surface area contributed by atoms with Crippen molar-refractivity contribution in [3.8, 4) is 0 Å². The van der Waals surface area contributed by atoms with Crippen molar-refractivity contribution in [2.24, 2.45) is 5.41 Å². The van der Waals surface area contributed by atoms with Crippen molar-refractivity contribution < 1.29 is 9.90 Å². The molecule has 0 unspecified atom stereocenters. The number of nitrogens with zero attached hydrogens (tertiary/aromatic N) is 2. The lowest BCUT2D eigenvalue weighted by Crippen LogP contribution is -2.44. The van der Waals surface area contributed by atoms with Gasteiger partial charge in [0.25, 0.3) is 0 Å². The van der Waals surface area contributed by atoms with Crippen LogP contribution in [0.25, 0.3) is 10.9 Å². The Bertz CT molecular complexity index is 674. The van der Waals surface area contributed by atoms with Crippen molar-refractivity contribution in [1.82, 2.24) is 15.1 Å². The standard InChI is InChI=1S/C16H20ClN3O2/c17-13-3-2-12-9-19-20(14(12)8-13)7-4-15(22)18-10-16(11-21)5-1-6-16/h2-3,8-9,21H,1,4-7,10-11H2,(H,18,22). The number of carbonyl (C=O) groups excluding carboxylic acids is 1. The van der Waals surface area contributed by atoms with Gasteiger partial charge in [0.1, 0.15) is 0 Å². The average Bonchev–Trinajstić information content (AvgIpc) is 2.86. The summed E-state index contributed by atoms with van der Waals surface area (Å²) in [5, 5.41) is 18.3. The van der Waals surface area contributed by atoms with Gasteiger partial charge in [0.15, 0.2) is 0 Å². The van der Waals surface area contributed by atoms with Gasteiger partial charge in [-0.15, -0.1) is 0 Å². The van der Waals surface area contributed by atoms with Crippen molar-refractivity contribution >= 4 is 28.4 Å². The zero-order valence-electron chi connectivity index (χ0n) is 12.4. The van der Waals surface area contributed by atoms with Crippen LogP contribution < -0.4 is 5.32 Å². The maximum Gasteiger partial charge on any atom is 0.221 e. The molecule has 1 fully saturated rings. The third-order valence-corrected chi connectivity index (χ3v) is 4.80. The quantitative estimate of drug-likeness (QED) is 0.858. The summed E-state index contributed by atoms with van der Waals surface area (Å²) in [5.74, 6) is -0.00889. The number of hydrogen-bond donors (Lipinski definition) is 2. The van der Waals surface area contributed by atoms with E-state index in [1.807, 2.05) is 18.2 Å². The molecule has 5 nitrogen and oxygen atoms in total. The summed E-state index contributed by atoms with van der Waals surface area (Å²) < 4.78 is 1.80. The first-order chi connectivity index (χ1) is 10.6. The second kappa shape index (κ2) is 6.26. The predicted octanol–water partition coefficient (Wildman–Crippen LogP) is 2.36. The van der Waals surface area contributed by atoms with Crippen LogP contribution in [0.3, 0.4) is 0 Å². The number of halogens is 1. The first kappa shape index (κ1) is 15.3. The van der Waals surface area contributed by atoms with E-state index in [-0.39, 0.29) is 17.9 Å². The summed E-state index contributed by atoms with van der Waals surface area (Å²) in [6.07, 6.45) is 5.26. The smallest absolute Gasteiger partial charge is 0.221 e. The fraction of sp³-hybridized carbons (Fsp3) is 0.500. The Morgan fingerprint density at radius 2 is 2.27 bits per heavy atom. The number of amides is 1. The largest absolute Gasteiger partial charge is 0.396 e. The number of aliphatic hydroxyl groups excluding tert-OH is 1. The van der Waals surface area contributed by atoms with Gasteiger partial charge in [0, 0.05) is 28.8 Å². The van der Waals surface area contributed by atoms with Gasteiger partial charge in [-0.05, 0) is 31.0 Å². The Balaban J connectivity index is 1.55. The van der Waals surface area contributed by atoms with Crippen LogP contribution in [-0.4, -0.2) is 33.9 Å². The van der Waals surface area contributed by atoms with Crippen LogP contribution in [0.15, 0.2) is 24.4 Å². The molecule has 0 spiro atoms. The van der Waals surface area contributed by atoms with E-state index in [0.29, 0.717) is 24.5 Å². The summed E-state index contributed by atoms with van der Waals surface area (Å²) in [6.45, 7) is 1.23. The van der Waals surface area contributed by atoms with Crippen LogP contribution in [0.2, 0.25) is 5.02 Å². The van der Waals surface area contributed by atoms with Gasteiger partial charge in [-0.2, -0.15) is 5.10 Å². The second-order valence-corrected chi connectivity index (χ2v) is 6.55. The van der Waals surface area contributed by atoms with Gasteiger partial charge < -0.3 is 10.4 Å². The Morgan fingerprint density at radius 1 is 1.45 bits per heavy atom. The molecule has 0 radical (unpaired) electrons. The molecule has 22 heavy (non-hydrogen) atoms. The minimum Gasteiger partial charge on any atom is -0.396 e. The third-order valence-electron chi connectivity index (χ3n) is 4.57. The van der Waals surface area contributed by atoms with Crippen LogP contribution in [-0.2, 0) is 11.3 Å². The summed E-state index contributed by atoms with van der Waals surface area (Å²) in [4.78, 5) is 12.0. The number of nitrogens with one attached hydrogen (secondary N) is 1. The lowest BCUT2D eigenvalue weighted by Gasteiger charge is -2.40. The molecule has 1 saturated carbocycles. The highest BCUT2D eigenvalue weighted by molar-refractivity contribution is 6.31. The Morgan fingerprint density at radius 3 is 2.95 bits per heavy atom. The normalized spacial score (nSPS) is 16.5. The molecule has 1 amide bonds. The van der Waals surface area contributed by atoms with Crippen LogP contribution in [0.1, 0.15) is 25.7 Å². The summed E-state index contributed by atoms with van der Waals surface area (Å²) in [7, 11) is 0. The average molecular weight is 322 g/mol. The van der Waals surface area contributed by atoms with Crippen LogP contribution in [0, 0.1) is 5.41 Å². The molecule has 0 aliphatic heterocycles. The van der Waals surface area contributed by atoms with Crippen LogP contribution >= 0.6 is 11.6 Å². The summed E-state index contributed by atoms with van der Waals surface area (Å²) in [5.41, 5.74) is 0.854. The minimum atomic E-state index is -0.0818.